The normalized spacial score (nSPS) is 19.0. The van der Waals surface area contributed by atoms with Gasteiger partial charge in [-0.3, -0.25) is 4.90 Å². The molecule has 1 aliphatic heterocycles. The van der Waals surface area contributed by atoms with Crippen LogP contribution in [0.4, 0.5) is 13.2 Å². The first-order valence-corrected chi connectivity index (χ1v) is 7.18. The summed E-state index contributed by atoms with van der Waals surface area (Å²) in [4.78, 5) is 2.13. The molecule has 1 atom stereocenters. The zero-order chi connectivity index (χ0) is 16.4. The summed E-state index contributed by atoms with van der Waals surface area (Å²) in [5.74, 6) is 1.07. The number of rotatable bonds is 3. The fourth-order valence-electron chi connectivity index (χ4n) is 2.59. The van der Waals surface area contributed by atoms with Gasteiger partial charge < -0.3 is 13.9 Å². The Morgan fingerprint density at radius 1 is 1.13 bits per heavy atom. The van der Waals surface area contributed by atoms with Gasteiger partial charge in [-0.15, -0.1) is 13.2 Å². The first-order chi connectivity index (χ1) is 10.9. The van der Waals surface area contributed by atoms with Crippen LogP contribution in [0.1, 0.15) is 23.8 Å². The van der Waals surface area contributed by atoms with Crippen LogP contribution < -0.4 is 9.47 Å². The Labute approximate surface area is 131 Å². The Bertz CT molecular complexity index is 651. The second kappa shape index (κ2) is 6.16. The zero-order valence-electron chi connectivity index (χ0n) is 12.5. The predicted octanol–water partition coefficient (Wildman–Crippen LogP) is 4.13. The smallest absolute Gasteiger partial charge is 0.486 e. The molecule has 3 rings (SSSR count). The monoisotopic (exact) mass is 327 g/mol. The van der Waals surface area contributed by atoms with Crippen molar-refractivity contribution in [3.8, 4) is 11.5 Å². The van der Waals surface area contributed by atoms with Gasteiger partial charge in [-0.2, -0.15) is 0 Å². The lowest BCUT2D eigenvalue weighted by Crippen LogP contribution is -2.18. The summed E-state index contributed by atoms with van der Waals surface area (Å²) in [5, 5.41) is 0. The Kier molecular flexibility index (Phi) is 4.21. The van der Waals surface area contributed by atoms with Crippen LogP contribution in [0.5, 0.6) is 11.5 Å². The van der Waals surface area contributed by atoms with Gasteiger partial charge in [0.2, 0.25) is 0 Å². The molecule has 0 saturated carbocycles. The van der Waals surface area contributed by atoms with Crippen molar-refractivity contribution in [1.29, 1.82) is 0 Å². The van der Waals surface area contributed by atoms with Gasteiger partial charge in [0.15, 0.2) is 0 Å². The van der Waals surface area contributed by atoms with E-state index in [9.17, 15) is 13.2 Å². The zero-order valence-corrected chi connectivity index (χ0v) is 12.5. The minimum Gasteiger partial charge on any atom is -0.486 e. The SMILES string of the molecule is CN1CCC(Oc2ccc(OC(F)(F)F)cc2)c2ccoc2C1. The van der Waals surface area contributed by atoms with Crippen molar-refractivity contribution in [3.63, 3.8) is 0 Å². The molecule has 1 aromatic carbocycles. The van der Waals surface area contributed by atoms with Crippen molar-refractivity contribution >= 4 is 0 Å². The molecule has 0 bridgehead atoms. The lowest BCUT2D eigenvalue weighted by molar-refractivity contribution is -0.274. The number of nitrogens with zero attached hydrogens (tertiary/aromatic N) is 1. The van der Waals surface area contributed by atoms with E-state index in [4.69, 9.17) is 9.15 Å². The summed E-state index contributed by atoms with van der Waals surface area (Å²) in [6.45, 7) is 1.55. The van der Waals surface area contributed by atoms with E-state index in [0.717, 1.165) is 24.3 Å². The van der Waals surface area contributed by atoms with Crippen molar-refractivity contribution in [1.82, 2.24) is 4.90 Å². The van der Waals surface area contributed by atoms with Crippen LogP contribution in [0.25, 0.3) is 0 Å². The van der Waals surface area contributed by atoms with E-state index in [0.29, 0.717) is 12.3 Å². The third-order valence-electron chi connectivity index (χ3n) is 3.65. The highest BCUT2D eigenvalue weighted by atomic mass is 19.4. The van der Waals surface area contributed by atoms with E-state index in [1.54, 1.807) is 6.26 Å². The predicted molar refractivity (Wildman–Crippen MR) is 76.2 cm³/mol. The molecule has 0 spiro atoms. The van der Waals surface area contributed by atoms with Crippen LogP contribution in [0.2, 0.25) is 0 Å². The van der Waals surface area contributed by atoms with Crippen molar-refractivity contribution < 1.29 is 27.1 Å². The van der Waals surface area contributed by atoms with E-state index in [-0.39, 0.29) is 11.9 Å². The van der Waals surface area contributed by atoms with Gasteiger partial charge >= 0.3 is 6.36 Å². The van der Waals surface area contributed by atoms with Gasteiger partial charge in [-0.05, 0) is 37.4 Å². The van der Waals surface area contributed by atoms with Crippen molar-refractivity contribution in [3.05, 3.63) is 47.9 Å². The molecule has 124 valence electrons. The molecule has 1 aliphatic rings. The highest BCUT2D eigenvalue weighted by Crippen LogP contribution is 2.32. The van der Waals surface area contributed by atoms with E-state index < -0.39 is 6.36 Å². The molecule has 0 saturated heterocycles. The number of ether oxygens (including phenoxy) is 2. The number of benzene rings is 1. The van der Waals surface area contributed by atoms with E-state index in [1.807, 2.05) is 13.1 Å². The summed E-state index contributed by atoms with van der Waals surface area (Å²) in [7, 11) is 2.00. The quantitative estimate of drug-likeness (QED) is 0.849. The minimum absolute atomic E-state index is 0.192. The third-order valence-corrected chi connectivity index (χ3v) is 3.65. The average molecular weight is 327 g/mol. The summed E-state index contributed by atoms with van der Waals surface area (Å²) in [5.41, 5.74) is 0.977. The molecular weight excluding hydrogens is 311 g/mol. The molecule has 23 heavy (non-hydrogen) atoms. The van der Waals surface area contributed by atoms with E-state index in [1.165, 1.54) is 24.3 Å². The minimum atomic E-state index is -4.69. The average Bonchev–Trinajstić information content (AvgIpc) is 2.86. The van der Waals surface area contributed by atoms with Gasteiger partial charge in [0.25, 0.3) is 0 Å². The second-order valence-corrected chi connectivity index (χ2v) is 5.45. The van der Waals surface area contributed by atoms with Crippen LogP contribution in [0.15, 0.2) is 41.0 Å². The van der Waals surface area contributed by atoms with Gasteiger partial charge in [0, 0.05) is 18.5 Å². The largest absolute Gasteiger partial charge is 0.573 e. The van der Waals surface area contributed by atoms with Crippen LogP contribution in [-0.4, -0.2) is 24.9 Å². The van der Waals surface area contributed by atoms with Gasteiger partial charge in [-0.1, -0.05) is 0 Å². The summed E-state index contributed by atoms with van der Waals surface area (Å²) < 4.78 is 51.7. The molecule has 1 unspecified atom stereocenters. The van der Waals surface area contributed by atoms with Crippen LogP contribution in [0, 0.1) is 0 Å². The van der Waals surface area contributed by atoms with Gasteiger partial charge in [0.1, 0.15) is 23.4 Å². The number of alkyl halides is 3. The topological polar surface area (TPSA) is 34.8 Å². The summed E-state index contributed by atoms with van der Waals surface area (Å²) >= 11 is 0. The molecule has 7 heteroatoms. The molecular formula is C16H16F3NO3. The highest BCUT2D eigenvalue weighted by molar-refractivity contribution is 5.32. The Hall–Kier alpha value is -2.15. The summed E-state index contributed by atoms with van der Waals surface area (Å²) in [6.07, 6.45) is -2.49. The molecule has 2 aromatic rings. The molecule has 0 fully saturated rings. The van der Waals surface area contributed by atoms with E-state index in [2.05, 4.69) is 9.64 Å². The fourth-order valence-corrected chi connectivity index (χ4v) is 2.59. The lowest BCUT2D eigenvalue weighted by Gasteiger charge is -2.18. The van der Waals surface area contributed by atoms with Crippen molar-refractivity contribution in [2.45, 2.75) is 25.4 Å². The summed E-state index contributed by atoms with van der Waals surface area (Å²) in [6, 6.07) is 7.29. The molecule has 1 aromatic heterocycles. The molecule has 2 heterocycles. The van der Waals surface area contributed by atoms with Crippen molar-refractivity contribution in [2.24, 2.45) is 0 Å². The Morgan fingerprint density at radius 2 is 1.83 bits per heavy atom. The maximum atomic E-state index is 12.2. The molecule has 0 aliphatic carbocycles. The highest BCUT2D eigenvalue weighted by Gasteiger charge is 2.31. The van der Waals surface area contributed by atoms with Gasteiger partial charge in [0.05, 0.1) is 12.8 Å². The number of fused-ring (bicyclic) bond motifs is 1. The number of hydrogen-bond donors (Lipinski definition) is 0. The fraction of sp³-hybridized carbons (Fsp3) is 0.375. The maximum absolute atomic E-state index is 12.2. The number of furan rings is 1. The molecule has 0 N–H and O–H groups in total. The molecule has 0 amide bonds. The molecule has 4 nitrogen and oxygen atoms in total. The van der Waals surface area contributed by atoms with E-state index >= 15 is 0 Å². The maximum Gasteiger partial charge on any atom is 0.573 e. The van der Waals surface area contributed by atoms with Gasteiger partial charge in [-0.25, -0.2) is 0 Å². The Morgan fingerprint density at radius 3 is 2.52 bits per heavy atom. The standard InChI is InChI=1S/C16H16F3NO3/c1-20-8-6-14(13-7-9-21-15(13)10-20)22-11-2-4-12(5-3-11)23-16(17,18)19/h2-5,7,9,14H,6,8,10H2,1H3. The first-order valence-electron chi connectivity index (χ1n) is 7.18. The third kappa shape index (κ3) is 3.98. The first kappa shape index (κ1) is 15.7. The lowest BCUT2D eigenvalue weighted by atomic mass is 10.1. The second-order valence-electron chi connectivity index (χ2n) is 5.45. The van der Waals surface area contributed by atoms with Crippen LogP contribution >= 0.6 is 0 Å². The van der Waals surface area contributed by atoms with Crippen LogP contribution in [-0.2, 0) is 6.54 Å². The Balaban J connectivity index is 1.72. The molecule has 0 radical (unpaired) electrons. The van der Waals surface area contributed by atoms with Crippen molar-refractivity contribution in [2.75, 3.05) is 13.6 Å². The number of hydrogen-bond acceptors (Lipinski definition) is 4. The van der Waals surface area contributed by atoms with Crippen LogP contribution in [0.3, 0.4) is 0 Å². The number of halogens is 3.